The Hall–Kier alpha value is -1.14. The summed E-state index contributed by atoms with van der Waals surface area (Å²) in [5.41, 5.74) is 7.46. The number of nitrogens with two attached hydrogens (primary N) is 1. The molecular formula is C19H30ClN3O2. The number of nitrogens with zero attached hydrogens (tertiary/aromatic N) is 2. The Morgan fingerprint density at radius 2 is 1.84 bits per heavy atom. The van der Waals surface area contributed by atoms with Gasteiger partial charge in [-0.1, -0.05) is 12.1 Å². The second kappa shape index (κ2) is 8.99. The summed E-state index contributed by atoms with van der Waals surface area (Å²) in [6, 6.07) is 8.01. The zero-order chi connectivity index (χ0) is 17.1. The third kappa shape index (κ3) is 4.94. The second-order valence-electron chi connectivity index (χ2n) is 7.17. The van der Waals surface area contributed by atoms with E-state index in [0.29, 0.717) is 12.6 Å². The van der Waals surface area contributed by atoms with E-state index in [-0.39, 0.29) is 30.5 Å². The minimum atomic E-state index is 0. The Bertz CT molecular complexity index is 556. The standard InChI is InChI=1S/C19H29N3O2.ClH/c1-14-11-21(12-15(2)24-14)13-18-4-3-9-22(18)19(23)17-7-5-16(10-20)6-8-17;/h5-8,14-15,18H,3-4,9-13,20H2,1-2H3;1H. The van der Waals surface area contributed by atoms with Crippen LogP contribution in [0.25, 0.3) is 0 Å². The molecule has 0 saturated carbocycles. The molecule has 1 amide bonds. The maximum Gasteiger partial charge on any atom is 0.254 e. The Labute approximate surface area is 156 Å². The van der Waals surface area contributed by atoms with Crippen molar-refractivity contribution in [3.8, 4) is 0 Å². The van der Waals surface area contributed by atoms with E-state index in [1.165, 1.54) is 0 Å². The van der Waals surface area contributed by atoms with E-state index in [9.17, 15) is 4.79 Å². The van der Waals surface area contributed by atoms with Crippen molar-refractivity contribution in [3.05, 3.63) is 35.4 Å². The van der Waals surface area contributed by atoms with Crippen LogP contribution in [-0.2, 0) is 11.3 Å². The van der Waals surface area contributed by atoms with Gasteiger partial charge in [0, 0.05) is 44.3 Å². The van der Waals surface area contributed by atoms with Crippen LogP contribution >= 0.6 is 12.4 Å². The molecule has 2 heterocycles. The zero-order valence-corrected chi connectivity index (χ0v) is 16.0. The van der Waals surface area contributed by atoms with Gasteiger partial charge in [0.2, 0.25) is 0 Å². The largest absolute Gasteiger partial charge is 0.373 e. The molecule has 3 atom stereocenters. The van der Waals surface area contributed by atoms with Gasteiger partial charge in [-0.25, -0.2) is 0 Å². The van der Waals surface area contributed by atoms with Crippen molar-refractivity contribution in [1.82, 2.24) is 9.80 Å². The highest BCUT2D eigenvalue weighted by Gasteiger charge is 2.32. The number of amides is 1. The van der Waals surface area contributed by atoms with E-state index in [0.717, 1.165) is 50.1 Å². The van der Waals surface area contributed by atoms with Crippen molar-refractivity contribution in [2.75, 3.05) is 26.2 Å². The van der Waals surface area contributed by atoms with Gasteiger partial charge < -0.3 is 15.4 Å². The molecule has 2 fully saturated rings. The van der Waals surface area contributed by atoms with Gasteiger partial charge in [-0.2, -0.15) is 0 Å². The van der Waals surface area contributed by atoms with E-state index >= 15 is 0 Å². The van der Waals surface area contributed by atoms with Crippen LogP contribution in [0.3, 0.4) is 0 Å². The number of ether oxygens (including phenoxy) is 1. The van der Waals surface area contributed by atoms with E-state index in [2.05, 4.69) is 23.6 Å². The SMILES string of the molecule is CC1CN(CC2CCCN2C(=O)c2ccc(CN)cc2)CC(C)O1.Cl. The monoisotopic (exact) mass is 367 g/mol. The van der Waals surface area contributed by atoms with E-state index in [1.807, 2.05) is 24.3 Å². The van der Waals surface area contributed by atoms with E-state index in [1.54, 1.807) is 0 Å². The van der Waals surface area contributed by atoms with Gasteiger partial charge in [0.1, 0.15) is 0 Å². The van der Waals surface area contributed by atoms with Crippen molar-refractivity contribution in [3.63, 3.8) is 0 Å². The molecule has 3 unspecified atom stereocenters. The Morgan fingerprint density at radius 1 is 1.20 bits per heavy atom. The fourth-order valence-corrected chi connectivity index (χ4v) is 3.97. The first-order valence-corrected chi connectivity index (χ1v) is 9.04. The number of rotatable bonds is 4. The predicted molar refractivity (Wildman–Crippen MR) is 102 cm³/mol. The first-order valence-electron chi connectivity index (χ1n) is 9.04. The summed E-state index contributed by atoms with van der Waals surface area (Å²) in [5.74, 6) is 0.149. The van der Waals surface area contributed by atoms with Crippen LogP contribution in [0.5, 0.6) is 0 Å². The minimum Gasteiger partial charge on any atom is -0.373 e. The molecular weight excluding hydrogens is 338 g/mol. The van der Waals surface area contributed by atoms with Crippen LogP contribution in [0.15, 0.2) is 24.3 Å². The highest BCUT2D eigenvalue weighted by molar-refractivity contribution is 5.94. The van der Waals surface area contributed by atoms with Crippen molar-refractivity contribution in [2.24, 2.45) is 5.73 Å². The molecule has 2 saturated heterocycles. The number of carbonyl (C=O) groups excluding carboxylic acids is 1. The lowest BCUT2D eigenvalue weighted by molar-refractivity contribution is -0.0715. The molecule has 3 rings (SSSR count). The summed E-state index contributed by atoms with van der Waals surface area (Å²) in [4.78, 5) is 17.4. The summed E-state index contributed by atoms with van der Waals surface area (Å²) in [6.07, 6.45) is 2.71. The topological polar surface area (TPSA) is 58.8 Å². The van der Waals surface area contributed by atoms with Crippen LogP contribution in [0.4, 0.5) is 0 Å². The molecule has 0 bridgehead atoms. The maximum atomic E-state index is 12.9. The fraction of sp³-hybridized carbons (Fsp3) is 0.632. The number of hydrogen-bond donors (Lipinski definition) is 1. The van der Waals surface area contributed by atoms with Gasteiger partial charge in [0.05, 0.1) is 12.2 Å². The fourth-order valence-electron chi connectivity index (χ4n) is 3.97. The summed E-state index contributed by atoms with van der Waals surface area (Å²) >= 11 is 0. The van der Waals surface area contributed by atoms with Crippen LogP contribution in [-0.4, -0.2) is 60.1 Å². The summed E-state index contributed by atoms with van der Waals surface area (Å²) in [5, 5.41) is 0. The number of halogens is 1. The molecule has 140 valence electrons. The maximum absolute atomic E-state index is 12.9. The Balaban J connectivity index is 0.00000225. The third-order valence-corrected chi connectivity index (χ3v) is 5.04. The number of likely N-dealkylation sites (tertiary alicyclic amines) is 1. The smallest absolute Gasteiger partial charge is 0.254 e. The van der Waals surface area contributed by atoms with Crippen LogP contribution < -0.4 is 5.73 Å². The first kappa shape index (κ1) is 20.2. The molecule has 0 spiro atoms. The average Bonchev–Trinajstić information content (AvgIpc) is 3.01. The zero-order valence-electron chi connectivity index (χ0n) is 15.2. The number of hydrogen-bond acceptors (Lipinski definition) is 4. The van der Waals surface area contributed by atoms with Gasteiger partial charge in [-0.05, 0) is 44.4 Å². The lowest BCUT2D eigenvalue weighted by Crippen LogP contribution is -2.50. The first-order chi connectivity index (χ1) is 11.6. The van der Waals surface area contributed by atoms with Crippen molar-refractivity contribution < 1.29 is 9.53 Å². The van der Waals surface area contributed by atoms with Crippen molar-refractivity contribution in [1.29, 1.82) is 0 Å². The molecule has 2 N–H and O–H groups in total. The third-order valence-electron chi connectivity index (χ3n) is 5.04. The Kier molecular flexibility index (Phi) is 7.25. The molecule has 2 aliphatic rings. The van der Waals surface area contributed by atoms with Gasteiger partial charge in [0.25, 0.3) is 5.91 Å². The number of benzene rings is 1. The van der Waals surface area contributed by atoms with Gasteiger partial charge in [-0.15, -0.1) is 12.4 Å². The van der Waals surface area contributed by atoms with Gasteiger partial charge in [0.15, 0.2) is 0 Å². The van der Waals surface area contributed by atoms with Crippen LogP contribution in [0.2, 0.25) is 0 Å². The van der Waals surface area contributed by atoms with Gasteiger partial charge in [-0.3, -0.25) is 9.69 Å². The van der Waals surface area contributed by atoms with Crippen LogP contribution in [0, 0.1) is 0 Å². The lowest BCUT2D eigenvalue weighted by atomic mass is 10.1. The molecule has 5 nitrogen and oxygen atoms in total. The highest BCUT2D eigenvalue weighted by Crippen LogP contribution is 2.23. The average molecular weight is 368 g/mol. The highest BCUT2D eigenvalue weighted by atomic mass is 35.5. The molecule has 0 aromatic heterocycles. The molecule has 1 aromatic carbocycles. The predicted octanol–water partition coefficient (Wildman–Crippen LogP) is 2.28. The normalized spacial score (nSPS) is 27.2. The number of morpholine rings is 1. The summed E-state index contributed by atoms with van der Waals surface area (Å²) in [7, 11) is 0. The van der Waals surface area contributed by atoms with E-state index in [4.69, 9.17) is 10.5 Å². The van der Waals surface area contributed by atoms with Crippen molar-refractivity contribution in [2.45, 2.75) is 51.5 Å². The molecule has 2 aliphatic heterocycles. The summed E-state index contributed by atoms with van der Waals surface area (Å²) in [6.45, 7) is 8.47. The minimum absolute atomic E-state index is 0. The Morgan fingerprint density at radius 3 is 2.44 bits per heavy atom. The number of carbonyl (C=O) groups is 1. The molecule has 25 heavy (non-hydrogen) atoms. The summed E-state index contributed by atoms with van der Waals surface area (Å²) < 4.78 is 5.81. The van der Waals surface area contributed by atoms with E-state index < -0.39 is 0 Å². The second-order valence-corrected chi connectivity index (χ2v) is 7.17. The molecule has 1 aromatic rings. The molecule has 6 heteroatoms. The van der Waals surface area contributed by atoms with Gasteiger partial charge >= 0.3 is 0 Å². The quantitative estimate of drug-likeness (QED) is 0.887. The van der Waals surface area contributed by atoms with Crippen molar-refractivity contribution >= 4 is 18.3 Å². The molecule has 0 radical (unpaired) electrons. The van der Waals surface area contributed by atoms with Crippen LogP contribution in [0.1, 0.15) is 42.6 Å². The molecule has 0 aliphatic carbocycles. The lowest BCUT2D eigenvalue weighted by Gasteiger charge is -2.38.